The van der Waals surface area contributed by atoms with Gasteiger partial charge in [0.15, 0.2) is 17.5 Å². The van der Waals surface area contributed by atoms with Crippen molar-refractivity contribution in [1.29, 1.82) is 0 Å². The van der Waals surface area contributed by atoms with Gasteiger partial charge in [0.1, 0.15) is 0 Å². The van der Waals surface area contributed by atoms with Crippen LogP contribution in [0.1, 0.15) is 18.4 Å². The van der Waals surface area contributed by atoms with Crippen molar-refractivity contribution in [1.82, 2.24) is 19.5 Å². The van der Waals surface area contributed by atoms with E-state index in [-0.39, 0.29) is 0 Å². The van der Waals surface area contributed by atoms with E-state index in [1.54, 1.807) is 0 Å². The van der Waals surface area contributed by atoms with E-state index < -0.39 is 0 Å². The molecule has 0 unspecified atom stereocenters. The number of para-hydroxylation sites is 1. The van der Waals surface area contributed by atoms with Crippen molar-refractivity contribution in [2.75, 3.05) is 0 Å². The lowest BCUT2D eigenvalue weighted by Gasteiger charge is -2.12. The Morgan fingerprint density at radius 3 is 1.89 bits per heavy atom. The van der Waals surface area contributed by atoms with Crippen LogP contribution in [-0.4, -0.2) is 19.5 Å². The van der Waals surface area contributed by atoms with Gasteiger partial charge in [0.25, 0.3) is 0 Å². The predicted octanol–water partition coefficient (Wildman–Crippen LogP) is 10.9. The van der Waals surface area contributed by atoms with Gasteiger partial charge >= 0.3 is 0 Å². The van der Waals surface area contributed by atoms with Crippen LogP contribution in [0.2, 0.25) is 0 Å². The fraction of sp³-hybridized carbons (Fsp3) is 0.0465. The number of hydrogen-bond acceptors (Lipinski definition) is 3. The van der Waals surface area contributed by atoms with Crippen LogP contribution < -0.4 is 0 Å². The van der Waals surface area contributed by atoms with E-state index in [2.05, 4.69) is 102 Å². The highest BCUT2D eigenvalue weighted by Crippen LogP contribution is 2.38. The Bertz CT molecular complexity index is 2450. The van der Waals surface area contributed by atoms with Gasteiger partial charge in [0, 0.05) is 33.2 Å². The molecule has 9 rings (SSSR count). The van der Waals surface area contributed by atoms with Crippen molar-refractivity contribution in [3.8, 4) is 39.9 Å². The maximum absolute atomic E-state index is 4.99. The zero-order valence-corrected chi connectivity index (χ0v) is 25.7. The standard InChI is InChI=1S/C43H30N4/c1-4-13-29(14-5-1)32-23-25-36-33(27-32)24-26-39-40(36)37-21-10-11-22-38(37)47(39)35-20-12-19-34(28-35)43-45-41(30-15-6-2-7-16-30)44-42(46-43)31-17-8-3-9-18-31/h1-4,6-13,15-28H,5,14H2. The first-order valence-electron chi connectivity index (χ1n) is 16.1. The summed E-state index contributed by atoms with van der Waals surface area (Å²) in [4.78, 5) is 14.9. The summed E-state index contributed by atoms with van der Waals surface area (Å²) in [5.41, 5.74) is 8.96. The smallest absolute Gasteiger partial charge is 0.164 e. The van der Waals surface area contributed by atoms with Gasteiger partial charge in [-0.1, -0.05) is 127 Å². The summed E-state index contributed by atoms with van der Waals surface area (Å²) in [5.74, 6) is 1.95. The molecule has 0 radical (unpaired) electrons. The molecule has 0 spiro atoms. The van der Waals surface area contributed by atoms with Crippen molar-refractivity contribution in [3.63, 3.8) is 0 Å². The number of nitrogens with zero attached hydrogens (tertiary/aromatic N) is 4. The molecule has 6 aromatic carbocycles. The lowest BCUT2D eigenvalue weighted by atomic mass is 9.94. The van der Waals surface area contributed by atoms with E-state index in [1.807, 2.05) is 60.7 Å². The monoisotopic (exact) mass is 602 g/mol. The molecule has 4 nitrogen and oxygen atoms in total. The number of allylic oxidation sites excluding steroid dienone is 4. The van der Waals surface area contributed by atoms with Gasteiger partial charge in [-0.15, -0.1) is 0 Å². The molecule has 2 heterocycles. The van der Waals surface area contributed by atoms with Crippen LogP contribution in [0.15, 0.2) is 158 Å². The van der Waals surface area contributed by atoms with Crippen LogP contribution in [0.5, 0.6) is 0 Å². The van der Waals surface area contributed by atoms with Gasteiger partial charge in [-0.25, -0.2) is 15.0 Å². The topological polar surface area (TPSA) is 43.6 Å². The van der Waals surface area contributed by atoms with Crippen molar-refractivity contribution in [3.05, 3.63) is 163 Å². The molecule has 0 fully saturated rings. The number of benzene rings is 6. The first-order chi connectivity index (χ1) is 23.3. The highest BCUT2D eigenvalue weighted by Gasteiger charge is 2.17. The van der Waals surface area contributed by atoms with Crippen molar-refractivity contribution < 1.29 is 0 Å². The van der Waals surface area contributed by atoms with Gasteiger partial charge in [-0.05, 0) is 65.1 Å². The quantitative estimate of drug-likeness (QED) is 0.197. The molecule has 2 aromatic heterocycles. The minimum absolute atomic E-state index is 0.644. The normalized spacial score (nSPS) is 13.0. The van der Waals surface area contributed by atoms with Crippen molar-refractivity contribution >= 4 is 38.2 Å². The molecule has 222 valence electrons. The average Bonchev–Trinajstić information content (AvgIpc) is 3.50. The molecule has 0 bridgehead atoms. The molecular formula is C43H30N4. The minimum atomic E-state index is 0.644. The van der Waals surface area contributed by atoms with E-state index >= 15 is 0 Å². The predicted molar refractivity (Wildman–Crippen MR) is 194 cm³/mol. The minimum Gasteiger partial charge on any atom is -0.309 e. The van der Waals surface area contributed by atoms with Gasteiger partial charge in [-0.2, -0.15) is 0 Å². The lowest BCUT2D eigenvalue weighted by molar-refractivity contribution is 1.05. The Balaban J connectivity index is 1.22. The van der Waals surface area contributed by atoms with E-state index in [1.165, 1.54) is 43.7 Å². The Morgan fingerprint density at radius 1 is 0.489 bits per heavy atom. The maximum Gasteiger partial charge on any atom is 0.164 e. The Labute approximate surface area is 273 Å². The van der Waals surface area contributed by atoms with Crippen molar-refractivity contribution in [2.24, 2.45) is 0 Å². The zero-order chi connectivity index (χ0) is 31.2. The molecule has 47 heavy (non-hydrogen) atoms. The van der Waals surface area contributed by atoms with E-state index in [0.29, 0.717) is 17.5 Å². The second-order valence-corrected chi connectivity index (χ2v) is 12.0. The molecule has 1 aliphatic carbocycles. The third-order valence-electron chi connectivity index (χ3n) is 9.10. The summed E-state index contributed by atoms with van der Waals surface area (Å²) < 4.78 is 2.37. The molecule has 8 aromatic rings. The van der Waals surface area contributed by atoms with E-state index in [4.69, 9.17) is 15.0 Å². The van der Waals surface area contributed by atoms with Crippen LogP contribution in [0.3, 0.4) is 0 Å². The molecular weight excluding hydrogens is 573 g/mol. The summed E-state index contributed by atoms with van der Waals surface area (Å²) in [6.45, 7) is 0. The maximum atomic E-state index is 4.99. The van der Waals surface area contributed by atoms with Crippen LogP contribution in [0.4, 0.5) is 0 Å². The fourth-order valence-corrected chi connectivity index (χ4v) is 6.84. The first-order valence-corrected chi connectivity index (χ1v) is 16.1. The molecule has 4 heteroatoms. The second-order valence-electron chi connectivity index (χ2n) is 12.0. The lowest BCUT2D eigenvalue weighted by Crippen LogP contribution is -2.01. The largest absolute Gasteiger partial charge is 0.309 e. The van der Waals surface area contributed by atoms with Gasteiger partial charge in [0.2, 0.25) is 0 Å². The fourth-order valence-electron chi connectivity index (χ4n) is 6.84. The van der Waals surface area contributed by atoms with Crippen LogP contribution in [0.25, 0.3) is 78.0 Å². The van der Waals surface area contributed by atoms with Crippen LogP contribution >= 0.6 is 0 Å². The molecule has 0 amide bonds. The average molecular weight is 603 g/mol. The number of rotatable bonds is 5. The molecule has 0 saturated heterocycles. The van der Waals surface area contributed by atoms with Crippen molar-refractivity contribution in [2.45, 2.75) is 12.8 Å². The summed E-state index contributed by atoms with van der Waals surface area (Å²) in [7, 11) is 0. The SMILES string of the molecule is C1=CCCC(c2ccc3c(ccc4c3c3ccccc3n4-c3cccc(-c4nc(-c5ccccc5)nc(-c5ccccc5)n4)c3)c2)=C1. The third-order valence-corrected chi connectivity index (χ3v) is 9.10. The summed E-state index contributed by atoms with van der Waals surface area (Å²) in [6, 6.07) is 49.0. The Hall–Kier alpha value is -6.13. The summed E-state index contributed by atoms with van der Waals surface area (Å²) >= 11 is 0. The highest BCUT2D eigenvalue weighted by molar-refractivity contribution is 6.21. The number of aromatic nitrogens is 4. The molecule has 0 saturated carbocycles. The van der Waals surface area contributed by atoms with E-state index in [9.17, 15) is 0 Å². The summed E-state index contributed by atoms with van der Waals surface area (Å²) in [6.07, 6.45) is 8.85. The Kier molecular flexibility index (Phi) is 6.57. The van der Waals surface area contributed by atoms with Gasteiger partial charge in [0.05, 0.1) is 11.0 Å². The number of hydrogen-bond donors (Lipinski definition) is 0. The zero-order valence-electron chi connectivity index (χ0n) is 25.7. The van der Waals surface area contributed by atoms with Gasteiger partial charge in [-0.3, -0.25) is 0 Å². The Morgan fingerprint density at radius 2 is 1.17 bits per heavy atom. The molecule has 0 N–H and O–H groups in total. The highest BCUT2D eigenvalue weighted by atomic mass is 15.0. The number of fused-ring (bicyclic) bond motifs is 5. The molecule has 0 aliphatic heterocycles. The van der Waals surface area contributed by atoms with Crippen LogP contribution in [-0.2, 0) is 0 Å². The first kappa shape index (κ1) is 27.2. The molecule has 1 aliphatic rings. The van der Waals surface area contributed by atoms with Gasteiger partial charge < -0.3 is 4.57 Å². The third kappa shape index (κ3) is 4.82. The van der Waals surface area contributed by atoms with E-state index in [0.717, 1.165) is 35.2 Å². The van der Waals surface area contributed by atoms with Crippen LogP contribution in [0, 0.1) is 0 Å². The molecule has 0 atom stereocenters. The second kappa shape index (κ2) is 11.3. The summed E-state index contributed by atoms with van der Waals surface area (Å²) in [5, 5.41) is 5.03.